The predicted octanol–water partition coefficient (Wildman–Crippen LogP) is 3.76. The summed E-state index contributed by atoms with van der Waals surface area (Å²) in [5, 5.41) is 11.5. The molecule has 0 saturated carbocycles. The summed E-state index contributed by atoms with van der Waals surface area (Å²) in [6.45, 7) is 2.07. The number of carbonyl (C=O) groups excluding carboxylic acids is 1. The van der Waals surface area contributed by atoms with Gasteiger partial charge in [0.25, 0.3) is 5.91 Å². The molecule has 1 amide bonds. The summed E-state index contributed by atoms with van der Waals surface area (Å²) < 4.78 is 5.45. The van der Waals surface area contributed by atoms with E-state index in [1.807, 2.05) is 66.7 Å². The Morgan fingerprint density at radius 2 is 1.68 bits per heavy atom. The molecule has 1 saturated heterocycles. The first kappa shape index (κ1) is 18.0. The van der Waals surface area contributed by atoms with Gasteiger partial charge in [-0.1, -0.05) is 30.3 Å². The molecule has 1 fully saturated rings. The zero-order valence-corrected chi connectivity index (χ0v) is 15.5. The maximum absolute atomic E-state index is 12.0. The van der Waals surface area contributed by atoms with Gasteiger partial charge < -0.3 is 15.0 Å². The maximum atomic E-state index is 12.0. The Kier molecular flexibility index (Phi) is 5.47. The van der Waals surface area contributed by atoms with E-state index in [0.717, 1.165) is 30.2 Å². The molecule has 2 heterocycles. The second kappa shape index (κ2) is 8.52. The van der Waals surface area contributed by atoms with Crippen LogP contribution in [0.5, 0.6) is 5.75 Å². The van der Waals surface area contributed by atoms with Gasteiger partial charge in [-0.05, 0) is 49.2 Å². The Balaban J connectivity index is 1.33. The van der Waals surface area contributed by atoms with Gasteiger partial charge in [-0.25, -0.2) is 0 Å². The van der Waals surface area contributed by atoms with E-state index in [1.54, 1.807) is 0 Å². The normalized spacial score (nSPS) is 13.4. The summed E-state index contributed by atoms with van der Waals surface area (Å²) in [7, 11) is 0. The molecular weight excluding hydrogens is 352 g/mol. The molecular formula is C22H22N4O2. The summed E-state index contributed by atoms with van der Waals surface area (Å²) in [5.41, 5.74) is 2.49. The van der Waals surface area contributed by atoms with E-state index in [1.165, 1.54) is 12.8 Å². The lowest BCUT2D eigenvalue weighted by Crippen LogP contribution is -2.20. The number of amides is 1. The number of carbonyl (C=O) groups is 1. The van der Waals surface area contributed by atoms with E-state index in [-0.39, 0.29) is 12.5 Å². The molecule has 6 heteroatoms. The summed E-state index contributed by atoms with van der Waals surface area (Å²) in [5.74, 6) is 1.40. The lowest BCUT2D eigenvalue weighted by Gasteiger charge is -2.15. The van der Waals surface area contributed by atoms with Gasteiger partial charge in [0.1, 0.15) is 5.75 Å². The monoisotopic (exact) mass is 374 g/mol. The van der Waals surface area contributed by atoms with E-state index in [4.69, 9.17) is 4.74 Å². The molecule has 3 aromatic rings. The van der Waals surface area contributed by atoms with E-state index >= 15 is 0 Å². The Morgan fingerprint density at radius 1 is 0.929 bits per heavy atom. The minimum absolute atomic E-state index is 0.0325. The number of benzene rings is 2. The van der Waals surface area contributed by atoms with Crippen molar-refractivity contribution in [2.45, 2.75) is 12.8 Å². The van der Waals surface area contributed by atoms with Gasteiger partial charge in [-0.3, -0.25) is 4.79 Å². The van der Waals surface area contributed by atoms with Crippen LogP contribution >= 0.6 is 0 Å². The first-order valence-electron chi connectivity index (χ1n) is 9.45. The molecule has 0 atom stereocenters. The van der Waals surface area contributed by atoms with Crippen LogP contribution in [0.2, 0.25) is 0 Å². The largest absolute Gasteiger partial charge is 0.484 e. The summed E-state index contributed by atoms with van der Waals surface area (Å²) in [6, 6.07) is 20.8. The average molecular weight is 374 g/mol. The molecule has 6 nitrogen and oxygen atoms in total. The molecule has 1 aromatic heterocycles. The molecule has 0 aliphatic carbocycles. The first-order valence-corrected chi connectivity index (χ1v) is 9.45. The van der Waals surface area contributed by atoms with Gasteiger partial charge in [0.05, 0.1) is 5.69 Å². The van der Waals surface area contributed by atoms with Crippen LogP contribution < -0.4 is 15.0 Å². The van der Waals surface area contributed by atoms with Gasteiger partial charge in [0, 0.05) is 24.3 Å². The number of nitrogens with zero attached hydrogens (tertiary/aromatic N) is 3. The topological polar surface area (TPSA) is 67.3 Å². The smallest absolute Gasteiger partial charge is 0.262 e. The maximum Gasteiger partial charge on any atom is 0.262 e. The van der Waals surface area contributed by atoms with E-state index in [0.29, 0.717) is 11.4 Å². The average Bonchev–Trinajstić information content (AvgIpc) is 3.29. The predicted molar refractivity (Wildman–Crippen MR) is 109 cm³/mol. The van der Waals surface area contributed by atoms with Crippen molar-refractivity contribution < 1.29 is 9.53 Å². The van der Waals surface area contributed by atoms with Crippen LogP contribution in [0, 0.1) is 0 Å². The van der Waals surface area contributed by atoms with Crippen LogP contribution in [0.25, 0.3) is 11.3 Å². The molecule has 1 N–H and O–H groups in total. The minimum Gasteiger partial charge on any atom is -0.484 e. The summed E-state index contributed by atoms with van der Waals surface area (Å²) in [4.78, 5) is 14.3. The molecule has 0 spiro atoms. The Morgan fingerprint density at radius 3 is 2.36 bits per heavy atom. The fourth-order valence-electron chi connectivity index (χ4n) is 3.18. The SMILES string of the molecule is O=C(COc1ccccc1)Nc1ccc(-c2ccc(N3CCCC3)nn2)cc1. The van der Waals surface area contributed by atoms with Crippen molar-refractivity contribution in [2.24, 2.45) is 0 Å². The first-order chi connectivity index (χ1) is 13.8. The van der Waals surface area contributed by atoms with E-state index in [2.05, 4.69) is 20.4 Å². The Labute approximate surface area is 164 Å². The molecule has 142 valence electrons. The third kappa shape index (κ3) is 4.46. The van der Waals surface area contributed by atoms with Crippen LogP contribution in [0.3, 0.4) is 0 Å². The van der Waals surface area contributed by atoms with Crippen molar-refractivity contribution in [3.05, 3.63) is 66.7 Å². The highest BCUT2D eigenvalue weighted by atomic mass is 16.5. The number of para-hydroxylation sites is 1. The van der Waals surface area contributed by atoms with Crippen molar-refractivity contribution in [1.29, 1.82) is 0 Å². The van der Waals surface area contributed by atoms with Crippen LogP contribution in [0.4, 0.5) is 11.5 Å². The van der Waals surface area contributed by atoms with Crippen LogP contribution in [-0.4, -0.2) is 35.8 Å². The van der Waals surface area contributed by atoms with Gasteiger partial charge in [0.2, 0.25) is 0 Å². The summed E-state index contributed by atoms with van der Waals surface area (Å²) >= 11 is 0. The second-order valence-corrected chi connectivity index (χ2v) is 6.70. The molecule has 0 bridgehead atoms. The highest BCUT2D eigenvalue weighted by Gasteiger charge is 2.14. The molecule has 28 heavy (non-hydrogen) atoms. The number of nitrogens with one attached hydrogen (secondary N) is 1. The van der Waals surface area contributed by atoms with Gasteiger partial charge in [-0.2, -0.15) is 0 Å². The van der Waals surface area contributed by atoms with Crippen LogP contribution in [-0.2, 0) is 4.79 Å². The standard InChI is InChI=1S/C22H22N4O2/c27-22(16-28-19-6-2-1-3-7-19)23-18-10-8-17(9-11-18)20-12-13-21(25-24-20)26-14-4-5-15-26/h1-3,6-13H,4-5,14-16H2,(H,23,27). The number of ether oxygens (including phenoxy) is 1. The minimum atomic E-state index is -0.202. The molecule has 1 aliphatic heterocycles. The number of hydrogen-bond acceptors (Lipinski definition) is 5. The van der Waals surface area contributed by atoms with Crippen LogP contribution in [0.1, 0.15) is 12.8 Å². The second-order valence-electron chi connectivity index (χ2n) is 6.70. The van der Waals surface area contributed by atoms with E-state index in [9.17, 15) is 4.79 Å². The van der Waals surface area contributed by atoms with Crippen LogP contribution in [0.15, 0.2) is 66.7 Å². The van der Waals surface area contributed by atoms with Crippen molar-refractivity contribution in [1.82, 2.24) is 10.2 Å². The summed E-state index contributed by atoms with van der Waals surface area (Å²) in [6.07, 6.45) is 2.43. The number of aromatic nitrogens is 2. The Hall–Kier alpha value is -3.41. The van der Waals surface area contributed by atoms with Crippen molar-refractivity contribution >= 4 is 17.4 Å². The fourth-order valence-corrected chi connectivity index (χ4v) is 3.18. The van der Waals surface area contributed by atoms with Crippen molar-refractivity contribution in [3.63, 3.8) is 0 Å². The van der Waals surface area contributed by atoms with Crippen molar-refractivity contribution in [3.8, 4) is 17.0 Å². The van der Waals surface area contributed by atoms with Gasteiger partial charge in [-0.15, -0.1) is 10.2 Å². The van der Waals surface area contributed by atoms with E-state index < -0.39 is 0 Å². The lowest BCUT2D eigenvalue weighted by atomic mass is 10.1. The molecule has 2 aromatic carbocycles. The highest BCUT2D eigenvalue weighted by Crippen LogP contribution is 2.22. The molecule has 4 rings (SSSR count). The van der Waals surface area contributed by atoms with Gasteiger partial charge >= 0.3 is 0 Å². The molecule has 0 unspecified atom stereocenters. The number of rotatable bonds is 6. The quantitative estimate of drug-likeness (QED) is 0.712. The number of anilines is 2. The zero-order chi connectivity index (χ0) is 19.2. The number of hydrogen-bond donors (Lipinski definition) is 1. The van der Waals surface area contributed by atoms with Gasteiger partial charge in [0.15, 0.2) is 12.4 Å². The molecule has 1 aliphatic rings. The lowest BCUT2D eigenvalue weighted by molar-refractivity contribution is -0.118. The zero-order valence-electron chi connectivity index (χ0n) is 15.5. The third-order valence-electron chi connectivity index (χ3n) is 4.66. The highest BCUT2D eigenvalue weighted by molar-refractivity contribution is 5.92. The molecule has 0 radical (unpaired) electrons. The third-order valence-corrected chi connectivity index (χ3v) is 4.66. The van der Waals surface area contributed by atoms with Crippen molar-refractivity contribution in [2.75, 3.05) is 29.9 Å². The fraction of sp³-hybridized carbons (Fsp3) is 0.227. The Bertz CT molecular complexity index is 906.